The lowest BCUT2D eigenvalue weighted by molar-refractivity contribution is 0.299. The Morgan fingerprint density at radius 3 is 1.84 bits per heavy atom. The Hall–Kier alpha value is -1.71. The zero-order chi connectivity index (χ0) is 18.3. The highest BCUT2D eigenvalue weighted by Gasteiger charge is 2.50. The molecule has 0 fully saturated rings. The van der Waals surface area contributed by atoms with E-state index in [1.807, 2.05) is 43.3 Å². The molecule has 0 N–H and O–H groups in total. The van der Waals surface area contributed by atoms with Gasteiger partial charge in [0.15, 0.2) is 0 Å². The van der Waals surface area contributed by atoms with Crippen molar-refractivity contribution in [2.24, 2.45) is 0 Å². The first-order chi connectivity index (χ1) is 11.9. The Morgan fingerprint density at radius 2 is 1.44 bits per heavy atom. The molecule has 1 nitrogen and oxygen atoms in total. The van der Waals surface area contributed by atoms with Crippen LogP contribution < -0.4 is 10.4 Å². The van der Waals surface area contributed by atoms with Gasteiger partial charge < -0.3 is 4.43 Å². The van der Waals surface area contributed by atoms with Crippen LogP contribution >= 0.6 is 0 Å². The molecular weight excluding hydrogens is 327 g/mol. The summed E-state index contributed by atoms with van der Waals surface area (Å²) in [5.74, 6) is -0.171. The summed E-state index contributed by atoms with van der Waals surface area (Å²) in [6.07, 6.45) is 3.33. The summed E-state index contributed by atoms with van der Waals surface area (Å²) >= 11 is 0. The first kappa shape index (κ1) is 19.6. The smallest absolute Gasteiger partial charge is 0.261 e. The van der Waals surface area contributed by atoms with Crippen LogP contribution in [0.25, 0.3) is 0 Å². The molecule has 0 amide bonds. The summed E-state index contributed by atoms with van der Waals surface area (Å²) in [4.78, 5) is 0. The van der Waals surface area contributed by atoms with Crippen LogP contribution in [0.15, 0.2) is 72.6 Å². The fourth-order valence-electron chi connectivity index (χ4n) is 3.30. The molecule has 2 rings (SSSR count). The third-order valence-corrected chi connectivity index (χ3v) is 9.48. The highest BCUT2D eigenvalue weighted by atomic mass is 28.4. The Balaban J connectivity index is 2.53. The first-order valence-corrected chi connectivity index (χ1v) is 10.9. The van der Waals surface area contributed by atoms with Crippen molar-refractivity contribution in [1.29, 1.82) is 0 Å². The van der Waals surface area contributed by atoms with Crippen LogP contribution in [0.5, 0.6) is 0 Å². The minimum atomic E-state index is -2.63. The van der Waals surface area contributed by atoms with E-state index in [9.17, 15) is 4.39 Å². The van der Waals surface area contributed by atoms with Crippen LogP contribution in [0.2, 0.25) is 5.04 Å². The third-order valence-electron chi connectivity index (χ3n) is 4.50. The van der Waals surface area contributed by atoms with Crippen molar-refractivity contribution in [3.63, 3.8) is 0 Å². The Morgan fingerprint density at radius 1 is 0.960 bits per heavy atom. The number of hydrogen-bond acceptors (Lipinski definition) is 1. The van der Waals surface area contributed by atoms with E-state index in [0.717, 1.165) is 12.8 Å². The lowest BCUT2D eigenvalue weighted by atomic mass is 10.2. The molecule has 3 heteroatoms. The number of allylic oxidation sites excluding steroid dienone is 1. The Labute approximate surface area is 152 Å². The number of rotatable bonds is 7. The molecule has 0 aliphatic rings. The largest absolute Gasteiger partial charge is 0.401 e. The molecule has 0 spiro atoms. The molecule has 25 heavy (non-hydrogen) atoms. The van der Waals surface area contributed by atoms with E-state index < -0.39 is 8.32 Å². The van der Waals surface area contributed by atoms with Crippen molar-refractivity contribution in [3.05, 3.63) is 72.6 Å². The van der Waals surface area contributed by atoms with Gasteiger partial charge in [0.1, 0.15) is 5.83 Å². The molecule has 0 unspecified atom stereocenters. The Kier molecular flexibility index (Phi) is 6.74. The average molecular weight is 357 g/mol. The van der Waals surface area contributed by atoms with Gasteiger partial charge in [0, 0.05) is 0 Å². The van der Waals surface area contributed by atoms with E-state index in [4.69, 9.17) is 4.43 Å². The van der Waals surface area contributed by atoms with Crippen molar-refractivity contribution in [2.75, 3.05) is 6.61 Å². The fraction of sp³-hybridized carbons (Fsp3) is 0.364. The van der Waals surface area contributed by atoms with Crippen LogP contribution in [0.3, 0.4) is 0 Å². The third kappa shape index (κ3) is 4.47. The highest BCUT2D eigenvalue weighted by molar-refractivity contribution is 6.99. The molecule has 0 atom stereocenters. The minimum Gasteiger partial charge on any atom is -0.401 e. The lowest BCUT2D eigenvalue weighted by Crippen LogP contribution is -2.66. The predicted octanol–water partition coefficient (Wildman–Crippen LogP) is 5.22. The van der Waals surface area contributed by atoms with Crippen molar-refractivity contribution >= 4 is 18.7 Å². The highest BCUT2D eigenvalue weighted by Crippen LogP contribution is 2.37. The monoisotopic (exact) mass is 356 g/mol. The molecule has 0 radical (unpaired) electrons. The van der Waals surface area contributed by atoms with Gasteiger partial charge >= 0.3 is 0 Å². The summed E-state index contributed by atoms with van der Waals surface area (Å²) in [5.41, 5.74) is 0. The van der Waals surface area contributed by atoms with Crippen molar-refractivity contribution in [2.45, 2.75) is 45.6 Å². The molecule has 134 valence electrons. The molecule has 2 aromatic rings. The second-order valence-electron chi connectivity index (χ2n) is 7.39. The SMILES string of the molecule is CCC/C=C(/F)CO[Si](c1ccccc1)(c1ccccc1)C(C)(C)C. The number of benzene rings is 2. The van der Waals surface area contributed by atoms with Gasteiger partial charge in [-0.1, -0.05) is 101 Å². The minimum absolute atomic E-state index is 0.0350. The maximum atomic E-state index is 14.3. The van der Waals surface area contributed by atoms with Gasteiger partial charge in [0.05, 0.1) is 6.61 Å². The van der Waals surface area contributed by atoms with Gasteiger partial charge in [0.25, 0.3) is 8.32 Å². The number of hydrogen-bond donors (Lipinski definition) is 0. The number of halogens is 1. The molecule has 0 bridgehead atoms. The van der Waals surface area contributed by atoms with Crippen molar-refractivity contribution < 1.29 is 8.82 Å². The van der Waals surface area contributed by atoms with Crippen LogP contribution in [0.4, 0.5) is 4.39 Å². The van der Waals surface area contributed by atoms with E-state index in [1.165, 1.54) is 10.4 Å². The van der Waals surface area contributed by atoms with E-state index in [1.54, 1.807) is 6.08 Å². The quantitative estimate of drug-likeness (QED) is 0.618. The van der Waals surface area contributed by atoms with E-state index in [-0.39, 0.29) is 17.5 Å². The summed E-state index contributed by atoms with van der Waals surface area (Å²) in [6, 6.07) is 20.7. The molecule has 0 saturated carbocycles. The average Bonchev–Trinajstić information content (AvgIpc) is 2.61. The fourth-order valence-corrected chi connectivity index (χ4v) is 7.81. The molecule has 0 heterocycles. The van der Waals surface area contributed by atoms with E-state index >= 15 is 0 Å². The maximum Gasteiger partial charge on any atom is 0.261 e. The predicted molar refractivity (Wildman–Crippen MR) is 108 cm³/mol. The van der Waals surface area contributed by atoms with E-state index in [2.05, 4.69) is 45.0 Å². The standard InChI is InChI=1S/C22H29FOSi/c1-5-6-13-19(23)18-24-25(22(2,3)4,20-14-9-7-10-15-20)21-16-11-8-12-17-21/h7-17H,5-6,18H2,1-4H3/b19-13+. The van der Waals surface area contributed by atoms with Crippen LogP contribution in [0, 0.1) is 0 Å². The van der Waals surface area contributed by atoms with Gasteiger partial charge in [-0.3, -0.25) is 0 Å². The van der Waals surface area contributed by atoms with Crippen molar-refractivity contribution in [1.82, 2.24) is 0 Å². The van der Waals surface area contributed by atoms with Gasteiger partial charge in [0.2, 0.25) is 0 Å². The zero-order valence-corrected chi connectivity index (χ0v) is 16.8. The number of unbranched alkanes of at least 4 members (excludes halogenated alkanes) is 1. The van der Waals surface area contributed by atoms with Crippen LogP contribution in [-0.4, -0.2) is 14.9 Å². The Bertz CT molecular complexity index is 635. The van der Waals surface area contributed by atoms with Crippen LogP contribution in [-0.2, 0) is 4.43 Å². The van der Waals surface area contributed by atoms with Gasteiger partial charge in [-0.25, -0.2) is 4.39 Å². The normalized spacial score (nSPS) is 13.1. The molecular formula is C22H29FOSi. The lowest BCUT2D eigenvalue weighted by Gasteiger charge is -2.42. The molecule has 2 aromatic carbocycles. The summed E-state index contributed by atoms with van der Waals surface area (Å²) in [6.45, 7) is 8.69. The molecule has 0 aliphatic heterocycles. The summed E-state index contributed by atoms with van der Waals surface area (Å²) < 4.78 is 20.8. The summed E-state index contributed by atoms with van der Waals surface area (Å²) in [5, 5.41) is 2.23. The first-order valence-electron chi connectivity index (χ1n) is 9.01. The van der Waals surface area contributed by atoms with Crippen molar-refractivity contribution in [3.8, 4) is 0 Å². The summed E-state index contributed by atoms with van der Waals surface area (Å²) in [7, 11) is -2.63. The second kappa shape index (κ2) is 8.59. The second-order valence-corrected chi connectivity index (χ2v) is 11.7. The maximum absolute atomic E-state index is 14.3. The van der Waals surface area contributed by atoms with Gasteiger partial charge in [-0.15, -0.1) is 0 Å². The molecule has 0 aromatic heterocycles. The van der Waals surface area contributed by atoms with Crippen LogP contribution in [0.1, 0.15) is 40.5 Å². The zero-order valence-electron chi connectivity index (χ0n) is 15.8. The molecule has 0 aliphatic carbocycles. The van der Waals surface area contributed by atoms with E-state index in [0.29, 0.717) is 0 Å². The van der Waals surface area contributed by atoms with Gasteiger partial charge in [-0.05, 0) is 21.8 Å². The topological polar surface area (TPSA) is 9.23 Å². The van der Waals surface area contributed by atoms with Gasteiger partial charge in [-0.2, -0.15) is 0 Å². The molecule has 0 saturated heterocycles.